The molecule has 1 fully saturated rings. The smallest absolute Gasteiger partial charge is 0.247 e. The van der Waals surface area contributed by atoms with Crippen molar-refractivity contribution in [3.63, 3.8) is 0 Å². The van der Waals surface area contributed by atoms with E-state index in [0.717, 1.165) is 12.2 Å². The molecule has 6 heteroatoms. The lowest BCUT2D eigenvalue weighted by atomic mass is 10.3. The summed E-state index contributed by atoms with van der Waals surface area (Å²) in [6.45, 7) is 4.45. The first-order valence-corrected chi connectivity index (χ1v) is 9.50. The zero-order valence-corrected chi connectivity index (χ0v) is 16.5. The molecule has 1 N–H and O–H groups in total. The van der Waals surface area contributed by atoms with Gasteiger partial charge in [-0.1, -0.05) is 6.92 Å². The number of amides is 2. The van der Waals surface area contributed by atoms with E-state index >= 15 is 0 Å². The number of anilines is 1. The van der Waals surface area contributed by atoms with Gasteiger partial charge in [-0.3, -0.25) is 9.59 Å². The average molecular weight is 382 g/mol. The maximum atomic E-state index is 12.4. The summed E-state index contributed by atoms with van der Waals surface area (Å²) in [5.41, 5.74) is 0.655. The van der Waals surface area contributed by atoms with E-state index in [1.807, 2.05) is 19.1 Å². The molecule has 0 spiro atoms. The van der Waals surface area contributed by atoms with Crippen LogP contribution in [0.5, 0.6) is 5.75 Å². The lowest BCUT2D eigenvalue weighted by molar-refractivity contribution is -0.130. The number of furan rings is 1. The molecule has 1 aliphatic carbocycles. The topological polar surface area (TPSA) is 71.8 Å². The number of rotatable bonds is 8. The number of likely N-dealkylation sites (N-methyl/N-ethyl adjacent to an activating group) is 1. The highest BCUT2D eigenvalue weighted by Gasteiger charge is 2.36. The van der Waals surface area contributed by atoms with Crippen LogP contribution in [0.4, 0.5) is 5.69 Å². The van der Waals surface area contributed by atoms with Crippen LogP contribution in [-0.2, 0) is 9.59 Å². The fraction of sp³-hybridized carbons (Fsp3) is 0.364. The van der Waals surface area contributed by atoms with E-state index in [9.17, 15) is 9.59 Å². The number of benzene rings is 1. The normalized spacial score (nSPS) is 18.1. The Morgan fingerprint density at radius 3 is 2.57 bits per heavy atom. The fourth-order valence-electron chi connectivity index (χ4n) is 3.03. The molecule has 6 nitrogen and oxygen atoms in total. The third-order valence-corrected chi connectivity index (χ3v) is 4.91. The summed E-state index contributed by atoms with van der Waals surface area (Å²) in [7, 11) is 1.59. The molecule has 0 radical (unpaired) electrons. The van der Waals surface area contributed by atoms with Crippen molar-refractivity contribution in [1.82, 2.24) is 4.90 Å². The van der Waals surface area contributed by atoms with Crippen molar-refractivity contribution in [3.8, 4) is 5.75 Å². The van der Waals surface area contributed by atoms with Crippen LogP contribution < -0.4 is 10.1 Å². The van der Waals surface area contributed by atoms with Crippen molar-refractivity contribution in [3.05, 3.63) is 54.0 Å². The molecule has 0 unspecified atom stereocenters. The monoisotopic (exact) mass is 382 g/mol. The Hall–Kier alpha value is -3.02. The number of carbonyl (C=O) groups excluding carboxylic acids is 2. The molecule has 0 saturated heterocycles. The second-order valence-corrected chi connectivity index (χ2v) is 7.02. The summed E-state index contributed by atoms with van der Waals surface area (Å²) in [5.74, 6) is 3.04. The molecule has 1 heterocycles. The Labute approximate surface area is 165 Å². The molecule has 1 saturated carbocycles. The lowest BCUT2D eigenvalue weighted by Gasteiger charge is -2.18. The quantitative estimate of drug-likeness (QED) is 0.703. The van der Waals surface area contributed by atoms with E-state index in [2.05, 4.69) is 12.2 Å². The van der Waals surface area contributed by atoms with Crippen molar-refractivity contribution in [2.75, 3.05) is 25.5 Å². The van der Waals surface area contributed by atoms with Gasteiger partial charge in [0, 0.05) is 24.2 Å². The van der Waals surface area contributed by atoms with Crippen LogP contribution in [0.3, 0.4) is 0 Å². The third kappa shape index (κ3) is 5.03. The van der Waals surface area contributed by atoms with Crippen LogP contribution in [0, 0.1) is 5.92 Å². The molecule has 28 heavy (non-hydrogen) atoms. The van der Waals surface area contributed by atoms with Crippen molar-refractivity contribution in [2.45, 2.75) is 26.2 Å². The van der Waals surface area contributed by atoms with Gasteiger partial charge in [0.2, 0.25) is 11.8 Å². The number of nitrogens with zero attached hydrogens (tertiary/aromatic N) is 1. The van der Waals surface area contributed by atoms with Crippen LogP contribution in [0.1, 0.15) is 37.7 Å². The lowest BCUT2D eigenvalue weighted by Crippen LogP contribution is -2.36. The highest BCUT2D eigenvalue weighted by molar-refractivity contribution is 5.97. The molecule has 0 aliphatic heterocycles. The van der Waals surface area contributed by atoms with Crippen LogP contribution >= 0.6 is 0 Å². The van der Waals surface area contributed by atoms with Crippen molar-refractivity contribution in [1.29, 1.82) is 0 Å². The molecule has 1 aliphatic rings. The molecule has 2 aromatic rings. The number of hydrogen-bond acceptors (Lipinski definition) is 4. The molecule has 1 aromatic heterocycles. The third-order valence-electron chi connectivity index (χ3n) is 4.91. The van der Waals surface area contributed by atoms with Crippen LogP contribution in [-0.4, -0.2) is 36.9 Å². The molecule has 1 aromatic carbocycles. The van der Waals surface area contributed by atoms with E-state index in [0.29, 0.717) is 35.6 Å². The predicted octanol–water partition coefficient (Wildman–Crippen LogP) is 3.91. The molecular formula is C22H26N2O4. The number of hydrogen-bond donors (Lipinski definition) is 1. The standard InChI is InChI=1S/C22H26N2O4/c1-4-24(14-21(25)23-16-5-7-17(27-3)8-6-16)22(26)12-10-18-9-11-20(28-18)19-13-15(19)2/h5-12,15,19H,4,13-14H2,1-3H3,(H,23,25)/b12-10+/t15-,19+/m0/s1. The summed E-state index contributed by atoms with van der Waals surface area (Å²) in [4.78, 5) is 26.2. The maximum Gasteiger partial charge on any atom is 0.247 e. The van der Waals surface area contributed by atoms with Gasteiger partial charge in [0.15, 0.2) is 0 Å². The summed E-state index contributed by atoms with van der Waals surface area (Å²) in [5, 5.41) is 2.78. The van der Waals surface area contributed by atoms with Gasteiger partial charge < -0.3 is 19.4 Å². The zero-order chi connectivity index (χ0) is 20.1. The molecule has 2 atom stereocenters. The van der Waals surface area contributed by atoms with Crippen molar-refractivity contribution in [2.24, 2.45) is 5.92 Å². The number of ether oxygens (including phenoxy) is 1. The van der Waals surface area contributed by atoms with Gasteiger partial charge in [0.1, 0.15) is 23.8 Å². The fourth-order valence-corrected chi connectivity index (χ4v) is 3.03. The van der Waals surface area contributed by atoms with E-state index < -0.39 is 0 Å². The predicted molar refractivity (Wildman–Crippen MR) is 108 cm³/mol. The van der Waals surface area contributed by atoms with Crippen LogP contribution in [0.25, 0.3) is 6.08 Å². The number of nitrogens with one attached hydrogen (secondary N) is 1. The van der Waals surface area contributed by atoms with Crippen molar-refractivity contribution >= 4 is 23.6 Å². The second kappa shape index (κ2) is 8.78. The minimum atomic E-state index is -0.253. The molecular weight excluding hydrogens is 356 g/mol. The van der Waals surface area contributed by atoms with Gasteiger partial charge >= 0.3 is 0 Å². The largest absolute Gasteiger partial charge is 0.497 e. The molecule has 3 rings (SSSR count). The van der Waals surface area contributed by atoms with Crippen molar-refractivity contribution < 1.29 is 18.7 Å². The first kappa shape index (κ1) is 19.7. The first-order chi connectivity index (χ1) is 13.5. The second-order valence-electron chi connectivity index (χ2n) is 7.02. The summed E-state index contributed by atoms with van der Waals surface area (Å²) in [6.07, 6.45) is 4.26. The Balaban J connectivity index is 1.53. The zero-order valence-electron chi connectivity index (χ0n) is 16.5. The Morgan fingerprint density at radius 1 is 1.25 bits per heavy atom. The minimum absolute atomic E-state index is 0.0192. The minimum Gasteiger partial charge on any atom is -0.497 e. The van der Waals surface area contributed by atoms with Gasteiger partial charge in [-0.25, -0.2) is 0 Å². The van der Waals surface area contributed by atoms with Gasteiger partial charge in [-0.05, 0) is 61.7 Å². The molecule has 148 valence electrons. The Kier molecular flexibility index (Phi) is 6.19. The van der Waals surface area contributed by atoms with Crippen LogP contribution in [0.2, 0.25) is 0 Å². The maximum absolute atomic E-state index is 12.4. The highest BCUT2D eigenvalue weighted by Crippen LogP contribution is 2.47. The Morgan fingerprint density at radius 2 is 1.96 bits per heavy atom. The van der Waals surface area contributed by atoms with Crippen LogP contribution in [0.15, 0.2) is 46.9 Å². The SMILES string of the molecule is CCN(CC(=O)Nc1ccc(OC)cc1)C(=O)/C=C/c1ccc([C@@H]2C[C@@H]2C)o1. The van der Waals surface area contributed by atoms with Gasteiger partial charge in [-0.2, -0.15) is 0 Å². The Bertz CT molecular complexity index is 854. The van der Waals surface area contributed by atoms with Gasteiger partial charge in [0.05, 0.1) is 7.11 Å². The average Bonchev–Trinajstić information content (AvgIpc) is 3.24. The highest BCUT2D eigenvalue weighted by atomic mass is 16.5. The van der Waals surface area contributed by atoms with E-state index in [4.69, 9.17) is 9.15 Å². The van der Waals surface area contributed by atoms with Gasteiger partial charge in [0.25, 0.3) is 0 Å². The number of carbonyl (C=O) groups is 2. The molecule has 2 amide bonds. The van der Waals surface area contributed by atoms with E-state index in [1.54, 1.807) is 37.5 Å². The summed E-state index contributed by atoms with van der Waals surface area (Å²) >= 11 is 0. The first-order valence-electron chi connectivity index (χ1n) is 9.50. The summed E-state index contributed by atoms with van der Waals surface area (Å²) in [6, 6.07) is 10.9. The van der Waals surface area contributed by atoms with E-state index in [1.165, 1.54) is 11.0 Å². The number of methoxy groups -OCH3 is 1. The molecule has 0 bridgehead atoms. The van der Waals surface area contributed by atoms with E-state index in [-0.39, 0.29) is 18.4 Å². The summed E-state index contributed by atoms with van der Waals surface area (Å²) < 4.78 is 10.9. The van der Waals surface area contributed by atoms with Gasteiger partial charge in [-0.15, -0.1) is 0 Å².